The van der Waals surface area contributed by atoms with Gasteiger partial charge in [0.1, 0.15) is 5.69 Å². The largest absolute Gasteiger partial charge is 0.376 e. The van der Waals surface area contributed by atoms with Gasteiger partial charge in [0.15, 0.2) is 0 Å². The van der Waals surface area contributed by atoms with Crippen LogP contribution in [-0.2, 0) is 0 Å². The molecule has 1 aliphatic heterocycles. The SMILES string of the molecule is CC(Nc1cc(N2CCN(C(=O)c3ccccc3Br)CC2)ccc1[N+](=O)[O-])C12CC3CC(CC(C3)C1)C2. The molecule has 2 aromatic rings. The molecule has 4 bridgehead atoms. The van der Waals surface area contributed by atoms with Crippen molar-refractivity contribution in [1.29, 1.82) is 0 Å². The van der Waals surface area contributed by atoms with Crippen molar-refractivity contribution in [2.45, 2.75) is 51.5 Å². The van der Waals surface area contributed by atoms with Crippen molar-refractivity contribution < 1.29 is 9.72 Å². The van der Waals surface area contributed by atoms with Crippen LogP contribution >= 0.6 is 15.9 Å². The molecule has 2 aromatic carbocycles. The first-order chi connectivity index (χ1) is 17.8. The summed E-state index contributed by atoms with van der Waals surface area (Å²) in [4.78, 5) is 28.8. The third kappa shape index (κ3) is 4.62. The molecule has 0 aromatic heterocycles. The fourth-order valence-electron chi connectivity index (χ4n) is 8.06. The molecule has 5 fully saturated rings. The van der Waals surface area contributed by atoms with Crippen molar-refractivity contribution in [3.8, 4) is 0 Å². The van der Waals surface area contributed by atoms with E-state index in [-0.39, 0.29) is 28.0 Å². The van der Waals surface area contributed by atoms with Gasteiger partial charge in [-0.05, 0) is 109 Å². The molecule has 1 amide bonds. The zero-order chi connectivity index (χ0) is 25.7. The molecule has 0 spiro atoms. The van der Waals surface area contributed by atoms with Gasteiger partial charge in [-0.1, -0.05) is 12.1 Å². The number of carbonyl (C=O) groups is 1. The van der Waals surface area contributed by atoms with Crippen LogP contribution in [0.5, 0.6) is 0 Å². The molecule has 4 saturated carbocycles. The second-order valence-corrected chi connectivity index (χ2v) is 12.7. The van der Waals surface area contributed by atoms with Crippen LogP contribution < -0.4 is 10.2 Å². The molecule has 5 aliphatic rings. The summed E-state index contributed by atoms with van der Waals surface area (Å²) in [5.74, 6) is 2.55. The van der Waals surface area contributed by atoms with E-state index in [1.165, 1.54) is 38.5 Å². The third-order valence-corrected chi connectivity index (χ3v) is 10.3. The molecule has 8 heteroatoms. The highest BCUT2D eigenvalue weighted by molar-refractivity contribution is 9.10. The highest BCUT2D eigenvalue weighted by Crippen LogP contribution is 2.61. The van der Waals surface area contributed by atoms with Crippen LogP contribution in [0.2, 0.25) is 0 Å². The molecule has 37 heavy (non-hydrogen) atoms. The normalized spacial score (nSPS) is 29.3. The number of rotatable bonds is 6. The molecular weight excluding hydrogens is 532 g/mol. The van der Waals surface area contributed by atoms with Gasteiger partial charge in [-0.25, -0.2) is 0 Å². The number of nitrogens with zero attached hydrogens (tertiary/aromatic N) is 3. The van der Waals surface area contributed by atoms with E-state index in [4.69, 9.17) is 0 Å². The van der Waals surface area contributed by atoms with Gasteiger partial charge in [0.2, 0.25) is 0 Å². The molecule has 1 atom stereocenters. The lowest BCUT2D eigenvalue weighted by Gasteiger charge is -2.59. The first-order valence-electron chi connectivity index (χ1n) is 13.6. The molecule has 196 valence electrons. The predicted molar refractivity (Wildman–Crippen MR) is 149 cm³/mol. The number of nitrogens with one attached hydrogen (secondary N) is 1. The Balaban J connectivity index is 1.17. The van der Waals surface area contributed by atoms with Gasteiger partial charge in [-0.3, -0.25) is 14.9 Å². The predicted octanol–water partition coefficient (Wildman–Crippen LogP) is 6.34. The van der Waals surface area contributed by atoms with Gasteiger partial charge in [0.05, 0.1) is 10.5 Å². The van der Waals surface area contributed by atoms with Gasteiger partial charge in [0.25, 0.3) is 11.6 Å². The molecule has 1 heterocycles. The molecule has 4 aliphatic carbocycles. The van der Waals surface area contributed by atoms with Crippen molar-refractivity contribution in [2.75, 3.05) is 36.4 Å². The molecule has 0 radical (unpaired) electrons. The molecule has 7 nitrogen and oxygen atoms in total. The first kappa shape index (κ1) is 24.7. The molecule has 1 unspecified atom stereocenters. The fourth-order valence-corrected chi connectivity index (χ4v) is 8.52. The molecular formula is C29H35BrN4O3. The van der Waals surface area contributed by atoms with Crippen molar-refractivity contribution in [2.24, 2.45) is 23.2 Å². The third-order valence-electron chi connectivity index (χ3n) is 9.59. The summed E-state index contributed by atoms with van der Waals surface area (Å²) in [6.07, 6.45) is 7.93. The Morgan fingerprint density at radius 3 is 2.24 bits per heavy atom. The second-order valence-electron chi connectivity index (χ2n) is 11.9. The Morgan fingerprint density at radius 2 is 1.65 bits per heavy atom. The first-order valence-corrected chi connectivity index (χ1v) is 14.4. The summed E-state index contributed by atoms with van der Waals surface area (Å²) in [7, 11) is 0. The zero-order valence-electron chi connectivity index (χ0n) is 21.4. The number of piperazine rings is 1. The number of benzene rings is 2. The number of carbonyl (C=O) groups excluding carboxylic acids is 1. The number of hydrogen-bond donors (Lipinski definition) is 1. The maximum Gasteiger partial charge on any atom is 0.292 e. The van der Waals surface area contributed by atoms with Crippen molar-refractivity contribution in [3.63, 3.8) is 0 Å². The smallest absolute Gasteiger partial charge is 0.292 e. The van der Waals surface area contributed by atoms with Crippen LogP contribution in [-0.4, -0.2) is 48.0 Å². The average Bonchev–Trinajstić information content (AvgIpc) is 2.88. The summed E-state index contributed by atoms with van der Waals surface area (Å²) in [5.41, 5.74) is 2.67. The summed E-state index contributed by atoms with van der Waals surface area (Å²) in [6, 6.07) is 13.2. The maximum atomic E-state index is 13.0. The quantitative estimate of drug-likeness (QED) is 0.326. The average molecular weight is 568 g/mol. The van der Waals surface area contributed by atoms with E-state index in [1.807, 2.05) is 41.3 Å². The van der Waals surface area contributed by atoms with E-state index in [1.54, 1.807) is 6.07 Å². The topological polar surface area (TPSA) is 78.7 Å². The van der Waals surface area contributed by atoms with Crippen LogP contribution in [0.3, 0.4) is 0 Å². The van der Waals surface area contributed by atoms with Crippen molar-refractivity contribution in [3.05, 3.63) is 62.6 Å². The Kier molecular flexibility index (Phi) is 6.42. The van der Waals surface area contributed by atoms with Gasteiger partial charge in [0, 0.05) is 48.4 Å². The lowest BCUT2D eigenvalue weighted by molar-refractivity contribution is -0.384. The van der Waals surface area contributed by atoms with Gasteiger partial charge in [-0.2, -0.15) is 0 Å². The molecule has 1 N–H and O–H groups in total. The molecule has 1 saturated heterocycles. The number of anilines is 2. The lowest BCUT2D eigenvalue weighted by atomic mass is 9.48. The number of nitro benzene ring substituents is 1. The monoisotopic (exact) mass is 566 g/mol. The number of amides is 1. The van der Waals surface area contributed by atoms with Gasteiger partial charge in [-0.15, -0.1) is 0 Å². The van der Waals surface area contributed by atoms with Crippen LogP contribution in [0.15, 0.2) is 46.9 Å². The second kappa shape index (κ2) is 9.61. The standard InChI is InChI=1S/C29H35BrN4O3/c1-19(29-16-20-12-21(17-29)14-22(13-20)18-29)31-26-15-23(6-7-27(26)34(36)37)32-8-10-33(11-9-32)28(35)24-4-2-3-5-25(24)30/h2-7,15,19-22,31H,8-14,16-18H2,1H3. The Hall–Kier alpha value is -2.61. The van der Waals surface area contributed by atoms with Crippen LogP contribution in [0, 0.1) is 33.3 Å². The van der Waals surface area contributed by atoms with Crippen LogP contribution in [0.25, 0.3) is 0 Å². The lowest BCUT2D eigenvalue weighted by Crippen LogP contribution is -2.53. The highest BCUT2D eigenvalue weighted by Gasteiger charge is 2.53. The molecule has 7 rings (SSSR count). The van der Waals surface area contributed by atoms with Crippen LogP contribution in [0.1, 0.15) is 55.8 Å². The Bertz CT molecular complexity index is 1170. The minimum atomic E-state index is -0.271. The Morgan fingerprint density at radius 1 is 1.03 bits per heavy atom. The number of nitro groups is 1. The maximum absolute atomic E-state index is 13.0. The van der Waals surface area contributed by atoms with E-state index >= 15 is 0 Å². The van der Waals surface area contributed by atoms with E-state index in [0.717, 1.165) is 27.9 Å². The minimum Gasteiger partial charge on any atom is -0.376 e. The zero-order valence-corrected chi connectivity index (χ0v) is 23.0. The van der Waals surface area contributed by atoms with Crippen LogP contribution in [0.4, 0.5) is 17.1 Å². The van der Waals surface area contributed by atoms with E-state index < -0.39 is 0 Å². The fraction of sp³-hybridized carbons (Fsp3) is 0.552. The summed E-state index contributed by atoms with van der Waals surface area (Å²) in [6.45, 7) is 4.86. The number of halogens is 1. The van der Waals surface area contributed by atoms with Crippen molar-refractivity contribution in [1.82, 2.24) is 4.90 Å². The Labute approximate surface area is 226 Å². The highest BCUT2D eigenvalue weighted by atomic mass is 79.9. The summed E-state index contributed by atoms with van der Waals surface area (Å²) < 4.78 is 0.807. The van der Waals surface area contributed by atoms with E-state index in [2.05, 4.69) is 33.1 Å². The van der Waals surface area contributed by atoms with E-state index in [9.17, 15) is 14.9 Å². The van der Waals surface area contributed by atoms with Crippen molar-refractivity contribution >= 4 is 38.9 Å². The summed E-state index contributed by atoms with van der Waals surface area (Å²) >= 11 is 3.49. The van der Waals surface area contributed by atoms with Gasteiger partial charge < -0.3 is 15.1 Å². The minimum absolute atomic E-state index is 0.0302. The van der Waals surface area contributed by atoms with Gasteiger partial charge >= 0.3 is 0 Å². The summed E-state index contributed by atoms with van der Waals surface area (Å²) in [5, 5.41) is 15.6. The number of hydrogen-bond acceptors (Lipinski definition) is 5. The van der Waals surface area contributed by atoms with E-state index in [0.29, 0.717) is 37.4 Å².